The number of benzene rings is 2. The minimum atomic E-state index is -4.25. The molecule has 1 amide bonds. The fraction of sp³-hybridized carbons (Fsp3) is 0.432. The fourth-order valence-corrected chi connectivity index (χ4v) is 8.18. The Balaban J connectivity index is 1.32. The Labute approximate surface area is 299 Å². The number of nitrogens with zero attached hydrogens (tertiary/aromatic N) is 6. The van der Waals surface area contributed by atoms with Crippen LogP contribution in [0.2, 0.25) is 5.15 Å². The van der Waals surface area contributed by atoms with Gasteiger partial charge in [0.2, 0.25) is 5.95 Å². The van der Waals surface area contributed by atoms with Crippen molar-refractivity contribution in [2.24, 2.45) is 5.92 Å². The summed E-state index contributed by atoms with van der Waals surface area (Å²) in [6.07, 6.45) is 7.63. The molecule has 1 aliphatic heterocycles. The largest absolute Gasteiger partial charge is 0.391 e. The third-order valence-corrected chi connectivity index (χ3v) is 11.4. The van der Waals surface area contributed by atoms with Gasteiger partial charge in [0.15, 0.2) is 0 Å². The number of nitrogens with one attached hydrogen (secondary N) is 1. The van der Waals surface area contributed by atoms with E-state index in [9.17, 15) is 18.3 Å². The second-order valence-corrected chi connectivity index (χ2v) is 15.9. The van der Waals surface area contributed by atoms with Crippen LogP contribution in [0.5, 0.6) is 0 Å². The van der Waals surface area contributed by atoms with Gasteiger partial charge in [0, 0.05) is 30.3 Å². The summed E-state index contributed by atoms with van der Waals surface area (Å²) in [5, 5.41) is 11.3. The van der Waals surface area contributed by atoms with E-state index in [0.717, 1.165) is 35.3 Å². The molecule has 0 bridgehead atoms. The summed E-state index contributed by atoms with van der Waals surface area (Å²) in [4.78, 5) is 36.4. The van der Waals surface area contributed by atoms with Crippen molar-refractivity contribution in [3.8, 4) is 11.3 Å². The van der Waals surface area contributed by atoms with E-state index in [1.807, 2.05) is 39.1 Å². The lowest BCUT2D eigenvalue weighted by Crippen LogP contribution is -2.53. The van der Waals surface area contributed by atoms with Crippen LogP contribution < -0.4 is 9.62 Å². The van der Waals surface area contributed by atoms with Gasteiger partial charge < -0.3 is 14.9 Å². The van der Waals surface area contributed by atoms with Crippen molar-refractivity contribution >= 4 is 39.3 Å². The summed E-state index contributed by atoms with van der Waals surface area (Å²) in [7, 11) is -2.23. The second-order valence-electron chi connectivity index (χ2n) is 13.9. The standard InChI is InChI=1S/C37H44ClN7O4S/c1-22(2)17-31-32(46)16-15-30(29-20-39-21-34(40-29)44(5)26-12-8-13-26)45(31)36(47)25-11-7-14-27(18-25)50(48,49)43-37-41-28(19-33(38)42-37)35-23(3)9-6-10-24(35)4/h6-7,9-11,14,18-22,26,30-32,46H,8,12-13,15-17H2,1-5H3,(H,41,42,43)/t30?,31-,32+/m1/s1. The summed E-state index contributed by atoms with van der Waals surface area (Å²) < 4.78 is 30.0. The number of anilines is 2. The van der Waals surface area contributed by atoms with Crippen molar-refractivity contribution in [2.45, 2.75) is 95.3 Å². The average Bonchev–Trinajstić information content (AvgIpc) is 3.04. The molecule has 4 aromatic rings. The Kier molecular flexibility index (Phi) is 10.4. The Morgan fingerprint density at radius 1 is 1.02 bits per heavy atom. The zero-order valence-electron chi connectivity index (χ0n) is 29.0. The first-order valence-electron chi connectivity index (χ1n) is 17.1. The summed E-state index contributed by atoms with van der Waals surface area (Å²) in [6, 6.07) is 12.7. The van der Waals surface area contributed by atoms with E-state index < -0.39 is 34.1 Å². The van der Waals surface area contributed by atoms with Gasteiger partial charge in [-0.3, -0.25) is 9.78 Å². The van der Waals surface area contributed by atoms with Crippen molar-refractivity contribution in [3.63, 3.8) is 0 Å². The van der Waals surface area contributed by atoms with E-state index in [2.05, 4.69) is 38.4 Å². The molecule has 2 aromatic carbocycles. The number of aliphatic hydroxyl groups is 1. The maximum atomic E-state index is 14.5. The predicted molar refractivity (Wildman–Crippen MR) is 195 cm³/mol. The number of carbonyl (C=O) groups excluding carboxylic acids is 1. The van der Waals surface area contributed by atoms with Gasteiger partial charge in [0.25, 0.3) is 15.9 Å². The van der Waals surface area contributed by atoms with Crippen molar-refractivity contribution in [1.29, 1.82) is 0 Å². The van der Waals surface area contributed by atoms with Crippen LogP contribution in [0.4, 0.5) is 11.8 Å². The molecule has 6 rings (SSSR count). The third-order valence-electron chi connectivity index (χ3n) is 9.84. The van der Waals surface area contributed by atoms with Crippen LogP contribution in [0.1, 0.15) is 85.6 Å². The van der Waals surface area contributed by atoms with E-state index in [4.69, 9.17) is 16.6 Å². The Morgan fingerprint density at radius 2 is 1.74 bits per heavy atom. The first kappa shape index (κ1) is 35.7. The molecule has 2 aromatic heterocycles. The Morgan fingerprint density at radius 3 is 2.42 bits per heavy atom. The molecule has 1 saturated carbocycles. The number of rotatable bonds is 10. The summed E-state index contributed by atoms with van der Waals surface area (Å²) >= 11 is 6.34. The Bertz CT molecular complexity index is 1970. The molecule has 0 radical (unpaired) electrons. The van der Waals surface area contributed by atoms with Crippen molar-refractivity contribution in [2.75, 3.05) is 16.7 Å². The van der Waals surface area contributed by atoms with E-state index in [1.54, 1.807) is 29.4 Å². The van der Waals surface area contributed by atoms with Gasteiger partial charge in [0.05, 0.1) is 46.9 Å². The molecular formula is C37H44ClN7O4S. The number of aryl methyl sites for hydroxylation is 2. The molecule has 0 spiro atoms. The molecule has 11 nitrogen and oxygen atoms in total. The molecule has 1 saturated heterocycles. The van der Waals surface area contributed by atoms with E-state index in [1.165, 1.54) is 24.6 Å². The minimum absolute atomic E-state index is 0.0798. The highest BCUT2D eigenvalue weighted by Gasteiger charge is 2.42. The van der Waals surface area contributed by atoms with Crippen LogP contribution in [0.25, 0.3) is 11.3 Å². The van der Waals surface area contributed by atoms with Crippen LogP contribution in [0.3, 0.4) is 0 Å². The van der Waals surface area contributed by atoms with Crippen molar-refractivity contribution in [3.05, 3.63) is 88.5 Å². The van der Waals surface area contributed by atoms with Crippen molar-refractivity contribution in [1.82, 2.24) is 24.8 Å². The Hall–Kier alpha value is -4.13. The number of piperidine rings is 1. The summed E-state index contributed by atoms with van der Waals surface area (Å²) in [5.41, 5.74) is 4.05. The third kappa shape index (κ3) is 7.47. The number of aromatic nitrogens is 4. The fourth-order valence-electron chi connectivity index (χ4n) is 7.01. The second kappa shape index (κ2) is 14.6. The molecule has 2 fully saturated rings. The molecule has 1 aliphatic carbocycles. The topological polar surface area (TPSA) is 142 Å². The maximum Gasteiger partial charge on any atom is 0.264 e. The van der Waals surface area contributed by atoms with Crippen LogP contribution in [0.15, 0.2) is 65.8 Å². The first-order chi connectivity index (χ1) is 23.8. The SMILES string of the molecule is Cc1cccc(C)c1-c1cc(Cl)nc(NS(=O)(=O)c2cccc(C(=O)N3C(c4cncc(N(C)C5CCC5)n4)CC[C@H](O)[C@H]3CC(C)C)c2)n1. The molecule has 264 valence electrons. The molecule has 50 heavy (non-hydrogen) atoms. The van der Waals surface area contributed by atoms with E-state index >= 15 is 0 Å². The van der Waals surface area contributed by atoms with Gasteiger partial charge in [-0.25, -0.2) is 28.1 Å². The average molecular weight is 718 g/mol. The quantitative estimate of drug-likeness (QED) is 0.171. The molecule has 3 heterocycles. The summed E-state index contributed by atoms with van der Waals surface area (Å²) in [5.74, 6) is 0.350. The van der Waals surface area contributed by atoms with Crippen LogP contribution in [0, 0.1) is 19.8 Å². The summed E-state index contributed by atoms with van der Waals surface area (Å²) in [6.45, 7) is 7.99. The molecule has 1 unspecified atom stereocenters. The normalized spacial score (nSPS) is 19.7. The highest BCUT2D eigenvalue weighted by Crippen LogP contribution is 2.38. The predicted octanol–water partition coefficient (Wildman–Crippen LogP) is 6.75. The van der Waals surface area contributed by atoms with Gasteiger partial charge in [-0.1, -0.05) is 49.7 Å². The number of aliphatic hydroxyl groups excluding tert-OH is 1. The lowest BCUT2D eigenvalue weighted by Gasteiger charge is -2.45. The molecule has 2 aliphatic rings. The van der Waals surface area contributed by atoms with Crippen molar-refractivity contribution < 1.29 is 18.3 Å². The first-order valence-corrected chi connectivity index (χ1v) is 19.0. The number of carbonyl (C=O) groups is 1. The minimum Gasteiger partial charge on any atom is -0.391 e. The number of halogens is 1. The zero-order valence-corrected chi connectivity index (χ0v) is 30.6. The van der Waals surface area contributed by atoms with E-state index in [0.29, 0.717) is 36.7 Å². The highest BCUT2D eigenvalue weighted by molar-refractivity contribution is 7.92. The van der Waals surface area contributed by atoms with E-state index in [-0.39, 0.29) is 27.5 Å². The van der Waals surface area contributed by atoms with Gasteiger partial charge >= 0.3 is 0 Å². The monoisotopic (exact) mass is 717 g/mol. The molecule has 13 heteroatoms. The zero-order chi connectivity index (χ0) is 35.7. The van der Waals surface area contributed by atoms with Crippen LogP contribution in [-0.2, 0) is 10.0 Å². The maximum absolute atomic E-state index is 14.5. The lowest BCUT2D eigenvalue weighted by atomic mass is 9.86. The van der Waals surface area contributed by atoms with Crippen LogP contribution >= 0.6 is 11.6 Å². The van der Waals surface area contributed by atoms with Gasteiger partial charge in [0.1, 0.15) is 11.0 Å². The molecule has 2 N–H and O–H groups in total. The number of hydrogen-bond donors (Lipinski definition) is 2. The number of sulfonamides is 1. The molecule has 3 atom stereocenters. The van der Waals surface area contributed by atoms with Gasteiger partial charge in [-0.2, -0.15) is 0 Å². The highest BCUT2D eigenvalue weighted by atomic mass is 35.5. The smallest absolute Gasteiger partial charge is 0.264 e. The van der Waals surface area contributed by atoms with Gasteiger partial charge in [-0.05, 0) is 87.6 Å². The lowest BCUT2D eigenvalue weighted by molar-refractivity contribution is -0.0209. The number of likely N-dealkylation sites (tertiary alicyclic amines) is 1. The van der Waals surface area contributed by atoms with Gasteiger partial charge in [-0.15, -0.1) is 0 Å². The van der Waals surface area contributed by atoms with Crippen LogP contribution in [-0.4, -0.2) is 69.5 Å². The number of amides is 1. The number of hydrogen-bond acceptors (Lipinski definition) is 9. The molecular weight excluding hydrogens is 674 g/mol.